The predicted molar refractivity (Wildman–Crippen MR) is 107 cm³/mol. The summed E-state index contributed by atoms with van der Waals surface area (Å²) in [5, 5.41) is 3.61. The normalized spacial score (nSPS) is 10.8. The van der Waals surface area contributed by atoms with Crippen LogP contribution in [0.2, 0.25) is 0 Å². The fraction of sp³-hybridized carbons (Fsp3) is 0.263. The van der Waals surface area contributed by atoms with Gasteiger partial charge < -0.3 is 10.1 Å². The molecular weight excluding hydrogens is 348 g/mol. The second-order valence-corrected chi connectivity index (χ2v) is 7.31. The summed E-state index contributed by atoms with van der Waals surface area (Å²) < 4.78 is 6.66. The standard InChI is InChI=1S/C19H22N4O2S/c1-10-5-6-15(11(2)7-10)25-9-16(24)22-17-12(3)8-14-18(13(17)4)26-19(21-14)23-20/h5-8H,9,20H2,1-4H3,(H,21,23)(H,22,24). The Morgan fingerprint density at radius 2 is 1.96 bits per heavy atom. The fourth-order valence-electron chi connectivity index (χ4n) is 2.92. The van der Waals surface area contributed by atoms with Gasteiger partial charge in [0.15, 0.2) is 11.7 Å². The molecule has 0 bridgehead atoms. The Labute approximate surface area is 156 Å². The lowest BCUT2D eigenvalue weighted by atomic mass is 10.1. The first-order chi connectivity index (χ1) is 12.4. The number of carbonyl (C=O) groups is 1. The Balaban J connectivity index is 1.76. The van der Waals surface area contributed by atoms with Gasteiger partial charge in [0.1, 0.15) is 5.75 Å². The number of hydrazine groups is 1. The third-order valence-electron chi connectivity index (χ3n) is 4.19. The van der Waals surface area contributed by atoms with Crippen molar-refractivity contribution >= 4 is 38.3 Å². The van der Waals surface area contributed by atoms with E-state index in [0.717, 1.165) is 43.9 Å². The monoisotopic (exact) mass is 370 g/mol. The zero-order chi connectivity index (χ0) is 18.8. The van der Waals surface area contributed by atoms with Gasteiger partial charge in [-0.2, -0.15) is 0 Å². The zero-order valence-electron chi connectivity index (χ0n) is 15.3. The molecule has 1 amide bonds. The van der Waals surface area contributed by atoms with Crippen molar-refractivity contribution in [1.82, 2.24) is 4.98 Å². The van der Waals surface area contributed by atoms with E-state index in [0.29, 0.717) is 5.13 Å². The molecular formula is C19H22N4O2S. The average Bonchev–Trinajstić information content (AvgIpc) is 3.01. The lowest BCUT2D eigenvalue weighted by molar-refractivity contribution is -0.118. The maximum absolute atomic E-state index is 12.4. The Kier molecular flexibility index (Phi) is 5.11. The molecule has 3 aromatic rings. The van der Waals surface area contributed by atoms with E-state index in [1.54, 1.807) is 0 Å². The molecule has 0 aliphatic heterocycles. The van der Waals surface area contributed by atoms with Gasteiger partial charge in [0.2, 0.25) is 0 Å². The number of thiazole rings is 1. The molecule has 0 aliphatic rings. The highest BCUT2D eigenvalue weighted by atomic mass is 32.1. The first kappa shape index (κ1) is 18.2. The lowest BCUT2D eigenvalue weighted by Crippen LogP contribution is -2.21. The van der Waals surface area contributed by atoms with Gasteiger partial charge in [0, 0.05) is 5.69 Å². The molecule has 7 heteroatoms. The Morgan fingerprint density at radius 1 is 1.19 bits per heavy atom. The van der Waals surface area contributed by atoms with Crippen LogP contribution >= 0.6 is 11.3 Å². The minimum absolute atomic E-state index is 0.0425. The molecule has 0 atom stereocenters. The van der Waals surface area contributed by atoms with Crippen molar-refractivity contribution in [2.24, 2.45) is 5.84 Å². The second-order valence-electron chi connectivity index (χ2n) is 6.31. The van der Waals surface area contributed by atoms with Crippen LogP contribution in [-0.4, -0.2) is 17.5 Å². The number of nitrogens with two attached hydrogens (primary N) is 1. The SMILES string of the molecule is Cc1ccc(OCC(=O)Nc2c(C)cc3nc(NN)sc3c2C)c(C)c1. The van der Waals surface area contributed by atoms with Gasteiger partial charge in [-0.1, -0.05) is 29.0 Å². The molecule has 26 heavy (non-hydrogen) atoms. The number of nitrogen functional groups attached to an aromatic ring is 1. The third kappa shape index (κ3) is 3.63. The van der Waals surface area contributed by atoms with E-state index in [2.05, 4.69) is 15.7 Å². The van der Waals surface area contributed by atoms with Gasteiger partial charge in [-0.25, -0.2) is 10.8 Å². The lowest BCUT2D eigenvalue weighted by Gasteiger charge is -2.13. The molecule has 6 nitrogen and oxygen atoms in total. The van der Waals surface area contributed by atoms with Crippen LogP contribution in [0.1, 0.15) is 22.3 Å². The van der Waals surface area contributed by atoms with Crippen LogP contribution in [0.25, 0.3) is 10.2 Å². The number of hydrogen-bond acceptors (Lipinski definition) is 6. The molecule has 0 spiro atoms. The Bertz CT molecular complexity index is 981. The van der Waals surface area contributed by atoms with Gasteiger partial charge >= 0.3 is 0 Å². The third-order valence-corrected chi connectivity index (χ3v) is 5.32. The van der Waals surface area contributed by atoms with Crippen LogP contribution in [0.15, 0.2) is 24.3 Å². The van der Waals surface area contributed by atoms with Crippen molar-refractivity contribution in [3.63, 3.8) is 0 Å². The summed E-state index contributed by atoms with van der Waals surface area (Å²) in [5.74, 6) is 5.97. The number of ether oxygens (including phenoxy) is 1. The van der Waals surface area contributed by atoms with Gasteiger partial charge in [0.05, 0.1) is 10.2 Å². The van der Waals surface area contributed by atoms with Crippen LogP contribution in [-0.2, 0) is 4.79 Å². The van der Waals surface area contributed by atoms with Gasteiger partial charge in [-0.15, -0.1) is 0 Å². The molecule has 0 saturated carbocycles. The minimum Gasteiger partial charge on any atom is -0.483 e. The summed E-state index contributed by atoms with van der Waals surface area (Å²) in [6.07, 6.45) is 0. The fourth-order valence-corrected chi connectivity index (χ4v) is 3.78. The number of fused-ring (bicyclic) bond motifs is 1. The number of nitrogens with one attached hydrogen (secondary N) is 2. The average molecular weight is 370 g/mol. The quantitative estimate of drug-likeness (QED) is 0.469. The number of rotatable bonds is 5. The first-order valence-electron chi connectivity index (χ1n) is 8.26. The van der Waals surface area contributed by atoms with Crippen molar-refractivity contribution in [2.75, 3.05) is 17.3 Å². The van der Waals surface area contributed by atoms with Crippen molar-refractivity contribution in [2.45, 2.75) is 27.7 Å². The van der Waals surface area contributed by atoms with E-state index >= 15 is 0 Å². The molecule has 0 fully saturated rings. The topological polar surface area (TPSA) is 89.3 Å². The van der Waals surface area contributed by atoms with E-state index in [4.69, 9.17) is 10.6 Å². The Hall–Kier alpha value is -2.64. The number of nitrogens with zero attached hydrogens (tertiary/aromatic N) is 1. The number of aryl methyl sites for hydroxylation is 4. The number of carbonyl (C=O) groups excluding carboxylic acids is 1. The van der Waals surface area contributed by atoms with Gasteiger partial charge in [-0.05, 0) is 56.5 Å². The number of anilines is 2. The summed E-state index contributed by atoms with van der Waals surface area (Å²) in [6, 6.07) is 7.83. The largest absolute Gasteiger partial charge is 0.483 e. The van der Waals surface area contributed by atoms with Crippen LogP contribution in [0, 0.1) is 27.7 Å². The Morgan fingerprint density at radius 3 is 2.65 bits per heavy atom. The highest BCUT2D eigenvalue weighted by Crippen LogP contribution is 2.34. The molecule has 0 unspecified atom stereocenters. The van der Waals surface area contributed by atoms with Crippen LogP contribution in [0.4, 0.5) is 10.8 Å². The number of aromatic nitrogens is 1. The van der Waals surface area contributed by atoms with E-state index in [1.807, 2.05) is 52.0 Å². The van der Waals surface area contributed by atoms with Crippen molar-refractivity contribution in [1.29, 1.82) is 0 Å². The zero-order valence-corrected chi connectivity index (χ0v) is 16.1. The molecule has 1 aromatic heterocycles. The van der Waals surface area contributed by atoms with E-state index in [9.17, 15) is 4.79 Å². The highest BCUT2D eigenvalue weighted by molar-refractivity contribution is 7.22. The maximum atomic E-state index is 12.4. The molecule has 2 aromatic carbocycles. The van der Waals surface area contributed by atoms with E-state index < -0.39 is 0 Å². The molecule has 0 aliphatic carbocycles. The van der Waals surface area contributed by atoms with Crippen molar-refractivity contribution in [3.05, 3.63) is 46.5 Å². The first-order valence-corrected chi connectivity index (χ1v) is 9.08. The minimum atomic E-state index is -0.197. The van der Waals surface area contributed by atoms with Crippen LogP contribution < -0.4 is 21.3 Å². The number of amides is 1. The van der Waals surface area contributed by atoms with Gasteiger partial charge in [0.25, 0.3) is 5.91 Å². The molecule has 0 saturated heterocycles. The number of hydrogen-bond donors (Lipinski definition) is 3. The van der Waals surface area contributed by atoms with Crippen LogP contribution in [0.3, 0.4) is 0 Å². The maximum Gasteiger partial charge on any atom is 0.262 e. The number of benzene rings is 2. The molecule has 136 valence electrons. The summed E-state index contributed by atoms with van der Waals surface area (Å²) in [5.41, 5.74) is 8.32. The van der Waals surface area contributed by atoms with Crippen LogP contribution in [0.5, 0.6) is 5.75 Å². The van der Waals surface area contributed by atoms with Crippen molar-refractivity contribution in [3.8, 4) is 5.75 Å². The second kappa shape index (κ2) is 7.31. The summed E-state index contributed by atoms with van der Waals surface area (Å²) in [6.45, 7) is 7.86. The summed E-state index contributed by atoms with van der Waals surface area (Å²) in [7, 11) is 0. The van der Waals surface area contributed by atoms with Gasteiger partial charge in [-0.3, -0.25) is 10.2 Å². The van der Waals surface area contributed by atoms with Crippen molar-refractivity contribution < 1.29 is 9.53 Å². The summed E-state index contributed by atoms with van der Waals surface area (Å²) in [4.78, 5) is 16.8. The summed E-state index contributed by atoms with van der Waals surface area (Å²) >= 11 is 1.46. The van der Waals surface area contributed by atoms with E-state index in [1.165, 1.54) is 11.3 Å². The molecule has 3 rings (SSSR count). The molecule has 0 radical (unpaired) electrons. The van der Waals surface area contributed by atoms with E-state index in [-0.39, 0.29) is 12.5 Å². The molecule has 4 N–H and O–H groups in total. The highest BCUT2D eigenvalue weighted by Gasteiger charge is 2.15. The predicted octanol–water partition coefficient (Wildman–Crippen LogP) is 3.83. The molecule has 1 heterocycles. The smallest absolute Gasteiger partial charge is 0.262 e.